The summed E-state index contributed by atoms with van der Waals surface area (Å²) in [6.07, 6.45) is 0.997. The van der Waals surface area contributed by atoms with Crippen LogP contribution in [0, 0.1) is 0 Å². The second kappa shape index (κ2) is 7.25. The van der Waals surface area contributed by atoms with Crippen molar-refractivity contribution in [1.82, 2.24) is 0 Å². The first-order chi connectivity index (χ1) is 11.7. The zero-order valence-electron chi connectivity index (χ0n) is 14.0. The van der Waals surface area contributed by atoms with E-state index in [0.717, 1.165) is 28.5 Å². The van der Waals surface area contributed by atoms with Crippen LogP contribution >= 0.6 is 0 Å². The molecule has 2 aromatic carbocycles. The van der Waals surface area contributed by atoms with Crippen LogP contribution in [0.25, 0.3) is 0 Å². The quantitative estimate of drug-likeness (QED) is 0.847. The number of amides is 1. The summed E-state index contributed by atoms with van der Waals surface area (Å²) in [7, 11) is 3.26. The van der Waals surface area contributed by atoms with Crippen molar-refractivity contribution in [3.05, 3.63) is 48.0 Å². The highest BCUT2D eigenvalue weighted by atomic mass is 16.5. The molecular formula is C19H21NO4. The van der Waals surface area contributed by atoms with Gasteiger partial charge in [0.05, 0.1) is 26.5 Å². The largest absolute Gasteiger partial charge is 0.497 e. The number of hydrogen-bond acceptors (Lipinski definition) is 4. The number of rotatable bonds is 5. The van der Waals surface area contributed by atoms with Gasteiger partial charge in [0.1, 0.15) is 23.9 Å². The minimum absolute atomic E-state index is 0.0793. The van der Waals surface area contributed by atoms with Gasteiger partial charge in [0.2, 0.25) is 5.91 Å². The molecular weight excluding hydrogens is 306 g/mol. The highest BCUT2D eigenvalue weighted by Crippen LogP contribution is 2.32. The van der Waals surface area contributed by atoms with Gasteiger partial charge in [-0.25, -0.2) is 0 Å². The Bertz CT molecular complexity index is 729. The van der Waals surface area contributed by atoms with Gasteiger partial charge < -0.3 is 19.1 Å². The molecule has 0 radical (unpaired) electrons. The van der Waals surface area contributed by atoms with Gasteiger partial charge in [-0.1, -0.05) is 12.1 Å². The Morgan fingerprint density at radius 3 is 2.79 bits per heavy atom. The van der Waals surface area contributed by atoms with E-state index in [1.807, 2.05) is 42.5 Å². The Labute approximate surface area is 141 Å². The highest BCUT2D eigenvalue weighted by Gasteiger charge is 2.23. The summed E-state index contributed by atoms with van der Waals surface area (Å²) in [6, 6.07) is 13.3. The first-order valence-corrected chi connectivity index (χ1v) is 7.96. The maximum atomic E-state index is 12.7. The Morgan fingerprint density at radius 1 is 1.17 bits per heavy atom. The van der Waals surface area contributed by atoms with E-state index in [4.69, 9.17) is 14.2 Å². The SMILES string of the molecule is COc1ccc(OC)c(CCC(=O)N2CCOc3ccccc32)c1. The van der Waals surface area contributed by atoms with Gasteiger partial charge in [0.15, 0.2) is 0 Å². The summed E-state index contributed by atoms with van der Waals surface area (Å²) in [5.41, 5.74) is 1.80. The number of ether oxygens (including phenoxy) is 3. The van der Waals surface area contributed by atoms with Gasteiger partial charge in [-0.3, -0.25) is 4.79 Å². The summed E-state index contributed by atoms with van der Waals surface area (Å²) >= 11 is 0. The first kappa shape index (κ1) is 16.2. The fraction of sp³-hybridized carbons (Fsp3) is 0.316. The minimum atomic E-state index is 0.0793. The molecule has 1 aliphatic heterocycles. The molecule has 0 atom stereocenters. The van der Waals surface area contributed by atoms with Crippen molar-refractivity contribution in [2.24, 2.45) is 0 Å². The van der Waals surface area contributed by atoms with Crippen LogP contribution in [0.5, 0.6) is 17.2 Å². The van der Waals surface area contributed by atoms with Crippen LogP contribution in [0.15, 0.2) is 42.5 Å². The molecule has 24 heavy (non-hydrogen) atoms. The lowest BCUT2D eigenvalue weighted by Crippen LogP contribution is -2.38. The van der Waals surface area contributed by atoms with Crippen molar-refractivity contribution in [2.75, 3.05) is 32.3 Å². The molecule has 1 amide bonds. The van der Waals surface area contributed by atoms with Crippen molar-refractivity contribution in [3.63, 3.8) is 0 Å². The average molecular weight is 327 g/mol. The molecule has 126 valence electrons. The van der Waals surface area contributed by atoms with Gasteiger partial charge >= 0.3 is 0 Å². The average Bonchev–Trinajstić information content (AvgIpc) is 2.65. The third-order valence-electron chi connectivity index (χ3n) is 4.13. The summed E-state index contributed by atoms with van der Waals surface area (Å²) in [5, 5.41) is 0. The number of carbonyl (C=O) groups excluding carboxylic acids is 1. The van der Waals surface area contributed by atoms with Gasteiger partial charge in [-0.05, 0) is 42.3 Å². The Kier molecular flexibility index (Phi) is 4.89. The van der Waals surface area contributed by atoms with Crippen LogP contribution < -0.4 is 19.1 Å². The Hall–Kier alpha value is -2.69. The van der Waals surface area contributed by atoms with Gasteiger partial charge in [0.25, 0.3) is 0 Å². The van der Waals surface area contributed by atoms with E-state index in [1.165, 1.54) is 0 Å². The zero-order valence-corrected chi connectivity index (χ0v) is 14.0. The smallest absolute Gasteiger partial charge is 0.227 e. The summed E-state index contributed by atoms with van der Waals surface area (Å²) in [4.78, 5) is 14.5. The standard InChI is InChI=1S/C19H21NO4/c1-22-15-8-9-17(23-2)14(13-15)7-10-19(21)20-11-12-24-18-6-4-3-5-16(18)20/h3-6,8-9,13H,7,10-12H2,1-2H3. The van der Waals surface area contributed by atoms with E-state index >= 15 is 0 Å². The molecule has 5 nitrogen and oxygen atoms in total. The molecule has 0 aliphatic carbocycles. The second-order valence-electron chi connectivity index (χ2n) is 5.54. The predicted molar refractivity (Wildman–Crippen MR) is 92.2 cm³/mol. The van der Waals surface area contributed by atoms with Crippen LogP contribution in [0.3, 0.4) is 0 Å². The highest BCUT2D eigenvalue weighted by molar-refractivity contribution is 5.95. The molecule has 0 unspecified atom stereocenters. The number of hydrogen-bond donors (Lipinski definition) is 0. The molecule has 2 aromatic rings. The molecule has 0 fully saturated rings. The van der Waals surface area contributed by atoms with E-state index in [9.17, 15) is 4.79 Å². The minimum Gasteiger partial charge on any atom is -0.497 e. The van der Waals surface area contributed by atoms with E-state index in [2.05, 4.69) is 0 Å². The van der Waals surface area contributed by atoms with Crippen molar-refractivity contribution >= 4 is 11.6 Å². The summed E-state index contributed by atoms with van der Waals surface area (Å²) in [6.45, 7) is 1.09. The van der Waals surface area contributed by atoms with Crippen molar-refractivity contribution in [2.45, 2.75) is 12.8 Å². The number of anilines is 1. The van der Waals surface area contributed by atoms with Gasteiger partial charge in [-0.2, -0.15) is 0 Å². The van der Waals surface area contributed by atoms with Crippen LogP contribution in [0.4, 0.5) is 5.69 Å². The Morgan fingerprint density at radius 2 is 2.00 bits per heavy atom. The molecule has 0 saturated heterocycles. The number of nitrogens with zero attached hydrogens (tertiary/aromatic N) is 1. The predicted octanol–water partition coefficient (Wildman–Crippen LogP) is 3.06. The lowest BCUT2D eigenvalue weighted by Gasteiger charge is -2.29. The maximum Gasteiger partial charge on any atom is 0.227 e. The molecule has 3 rings (SSSR count). The summed E-state index contributed by atoms with van der Waals surface area (Å²) in [5.74, 6) is 2.37. The van der Waals surface area contributed by atoms with E-state index in [1.54, 1.807) is 19.1 Å². The van der Waals surface area contributed by atoms with Crippen LogP contribution in [-0.2, 0) is 11.2 Å². The third-order valence-corrected chi connectivity index (χ3v) is 4.13. The third kappa shape index (κ3) is 3.30. The number of carbonyl (C=O) groups is 1. The van der Waals surface area contributed by atoms with Crippen LogP contribution in [0.2, 0.25) is 0 Å². The lowest BCUT2D eigenvalue weighted by atomic mass is 10.1. The molecule has 5 heteroatoms. The number of methoxy groups -OCH3 is 2. The second-order valence-corrected chi connectivity index (χ2v) is 5.54. The van der Waals surface area contributed by atoms with E-state index < -0.39 is 0 Å². The van der Waals surface area contributed by atoms with Crippen molar-refractivity contribution < 1.29 is 19.0 Å². The Balaban J connectivity index is 1.73. The van der Waals surface area contributed by atoms with Gasteiger partial charge in [0, 0.05) is 6.42 Å². The van der Waals surface area contributed by atoms with E-state index in [-0.39, 0.29) is 5.91 Å². The molecule has 1 heterocycles. The van der Waals surface area contributed by atoms with Crippen molar-refractivity contribution in [1.29, 1.82) is 0 Å². The first-order valence-electron chi connectivity index (χ1n) is 7.96. The van der Waals surface area contributed by atoms with E-state index in [0.29, 0.717) is 26.0 Å². The zero-order chi connectivity index (χ0) is 16.9. The van der Waals surface area contributed by atoms with Gasteiger partial charge in [-0.15, -0.1) is 0 Å². The fourth-order valence-corrected chi connectivity index (χ4v) is 2.88. The fourth-order valence-electron chi connectivity index (χ4n) is 2.88. The normalized spacial score (nSPS) is 13.0. The van der Waals surface area contributed by atoms with Crippen LogP contribution in [0.1, 0.15) is 12.0 Å². The summed E-state index contributed by atoms with van der Waals surface area (Å²) < 4.78 is 16.2. The molecule has 0 N–H and O–H groups in total. The number of fused-ring (bicyclic) bond motifs is 1. The number of aryl methyl sites for hydroxylation is 1. The van der Waals surface area contributed by atoms with Crippen LogP contribution in [-0.4, -0.2) is 33.3 Å². The number of benzene rings is 2. The number of para-hydroxylation sites is 2. The molecule has 0 saturated carbocycles. The maximum absolute atomic E-state index is 12.7. The monoisotopic (exact) mass is 327 g/mol. The topological polar surface area (TPSA) is 48.0 Å². The molecule has 0 bridgehead atoms. The molecule has 0 aromatic heterocycles. The molecule has 1 aliphatic rings. The molecule has 0 spiro atoms. The van der Waals surface area contributed by atoms with Crippen molar-refractivity contribution in [3.8, 4) is 17.2 Å². The lowest BCUT2D eigenvalue weighted by molar-refractivity contribution is -0.118.